The van der Waals surface area contributed by atoms with Gasteiger partial charge in [-0.3, -0.25) is 24.0 Å². The van der Waals surface area contributed by atoms with Gasteiger partial charge in [-0.15, -0.1) is 0 Å². The summed E-state index contributed by atoms with van der Waals surface area (Å²) in [5, 5.41) is 16.8. The van der Waals surface area contributed by atoms with Gasteiger partial charge in [-0.2, -0.15) is 0 Å². The maximum absolute atomic E-state index is 12.6. The van der Waals surface area contributed by atoms with Crippen LogP contribution in [-0.2, 0) is 44.7 Å². The van der Waals surface area contributed by atoms with Crippen molar-refractivity contribution in [3.8, 4) is 0 Å². The average molecular weight is 491 g/mol. The van der Waals surface area contributed by atoms with E-state index in [0.717, 1.165) is 5.56 Å². The van der Waals surface area contributed by atoms with Gasteiger partial charge in [0, 0.05) is 6.42 Å². The molecule has 0 bridgehead atoms. The van der Waals surface area contributed by atoms with E-state index in [-0.39, 0.29) is 19.6 Å². The molecule has 1 aliphatic rings. The molecule has 4 N–H and O–H groups in total. The van der Waals surface area contributed by atoms with E-state index in [9.17, 15) is 33.9 Å². The molecule has 3 amide bonds. The van der Waals surface area contributed by atoms with Crippen molar-refractivity contribution in [1.82, 2.24) is 16.0 Å². The molecule has 0 unspecified atom stereocenters. The van der Waals surface area contributed by atoms with Gasteiger partial charge in [0.05, 0.1) is 32.0 Å². The molecule has 0 spiro atoms. The van der Waals surface area contributed by atoms with Gasteiger partial charge < -0.3 is 30.5 Å². The predicted octanol–water partition coefficient (Wildman–Crippen LogP) is -0.696. The molecular formula is C23H29N3O9. The second-order valence-electron chi connectivity index (χ2n) is 7.77. The number of aliphatic carboxylic acids is 1. The van der Waals surface area contributed by atoms with Crippen LogP contribution >= 0.6 is 0 Å². The van der Waals surface area contributed by atoms with Crippen LogP contribution in [0.3, 0.4) is 0 Å². The lowest BCUT2D eigenvalue weighted by Gasteiger charge is -2.30. The van der Waals surface area contributed by atoms with Crippen molar-refractivity contribution in [1.29, 1.82) is 0 Å². The van der Waals surface area contributed by atoms with E-state index in [4.69, 9.17) is 9.47 Å². The van der Waals surface area contributed by atoms with Gasteiger partial charge in [0.2, 0.25) is 17.7 Å². The summed E-state index contributed by atoms with van der Waals surface area (Å²) in [5.74, 6) is -7.00. The molecule has 1 aromatic rings. The van der Waals surface area contributed by atoms with Crippen LogP contribution in [0.2, 0.25) is 0 Å². The van der Waals surface area contributed by atoms with Crippen LogP contribution in [0, 0.1) is 5.92 Å². The molecule has 1 aliphatic heterocycles. The zero-order valence-electron chi connectivity index (χ0n) is 19.4. The summed E-state index contributed by atoms with van der Waals surface area (Å²) in [5.41, 5.74) is 0.833. The van der Waals surface area contributed by atoms with Crippen LogP contribution in [0.5, 0.6) is 0 Å². The quantitative estimate of drug-likeness (QED) is 0.275. The lowest BCUT2D eigenvalue weighted by atomic mass is 9.95. The smallest absolute Gasteiger partial charge is 0.327 e. The zero-order chi connectivity index (χ0) is 26.0. The van der Waals surface area contributed by atoms with E-state index < -0.39 is 72.5 Å². The predicted molar refractivity (Wildman–Crippen MR) is 120 cm³/mol. The van der Waals surface area contributed by atoms with Crippen molar-refractivity contribution in [3.63, 3.8) is 0 Å². The first-order valence-electron chi connectivity index (χ1n) is 11.1. The monoisotopic (exact) mass is 491 g/mol. The standard InChI is InChI=1S/C23H29N3O9/c1-3-34-18(28)11-14(23(33)35-4-2)19(22(31)32)26-17(27)12-16-21(30)24-15(20(29)25-16)10-13-8-6-5-7-9-13/h5-9,14-16,19H,3-4,10-12H2,1-2H3,(H,24,30)(H,25,29)(H,26,27)(H,31,32)/t14-,15-,16-,19-/m0/s1. The Balaban J connectivity index is 2.04. The van der Waals surface area contributed by atoms with Gasteiger partial charge in [-0.1, -0.05) is 30.3 Å². The molecule has 0 radical (unpaired) electrons. The first-order chi connectivity index (χ1) is 16.7. The van der Waals surface area contributed by atoms with Gasteiger partial charge >= 0.3 is 17.9 Å². The summed E-state index contributed by atoms with van der Waals surface area (Å²) in [6.45, 7) is 2.99. The van der Waals surface area contributed by atoms with Gasteiger partial charge in [-0.25, -0.2) is 4.79 Å². The van der Waals surface area contributed by atoms with Crippen molar-refractivity contribution < 1.29 is 43.3 Å². The third-order valence-electron chi connectivity index (χ3n) is 5.20. The minimum absolute atomic E-state index is 0.0141. The van der Waals surface area contributed by atoms with Crippen molar-refractivity contribution >= 4 is 35.6 Å². The van der Waals surface area contributed by atoms with Crippen molar-refractivity contribution in [3.05, 3.63) is 35.9 Å². The van der Waals surface area contributed by atoms with E-state index in [1.54, 1.807) is 31.2 Å². The maximum Gasteiger partial charge on any atom is 0.327 e. The number of carboxylic acid groups (broad SMARTS) is 1. The Hall–Kier alpha value is -3.96. The lowest BCUT2D eigenvalue weighted by Crippen LogP contribution is -2.63. The highest BCUT2D eigenvalue weighted by atomic mass is 16.5. The fraction of sp³-hybridized carbons (Fsp3) is 0.478. The van der Waals surface area contributed by atoms with Crippen LogP contribution in [0.15, 0.2) is 30.3 Å². The minimum atomic E-state index is -1.82. The van der Waals surface area contributed by atoms with Crippen molar-refractivity contribution in [2.24, 2.45) is 5.92 Å². The summed E-state index contributed by atoms with van der Waals surface area (Å²) in [7, 11) is 0. The average Bonchev–Trinajstić information content (AvgIpc) is 2.80. The number of hydrogen-bond donors (Lipinski definition) is 4. The van der Waals surface area contributed by atoms with Gasteiger partial charge in [0.15, 0.2) is 0 Å². The fourth-order valence-electron chi connectivity index (χ4n) is 3.55. The second kappa shape index (κ2) is 13.1. The summed E-state index contributed by atoms with van der Waals surface area (Å²) in [6.07, 6.45) is -0.951. The first-order valence-corrected chi connectivity index (χ1v) is 11.1. The highest BCUT2D eigenvalue weighted by Crippen LogP contribution is 2.15. The Labute approximate surface area is 201 Å². The lowest BCUT2D eigenvalue weighted by molar-refractivity contribution is -0.160. The molecule has 0 aromatic heterocycles. The number of carbonyl (C=O) groups is 6. The largest absolute Gasteiger partial charge is 0.480 e. The van der Waals surface area contributed by atoms with E-state index in [1.165, 1.54) is 6.92 Å². The molecule has 1 aromatic carbocycles. The normalized spacial score (nSPS) is 18.9. The van der Waals surface area contributed by atoms with Crippen LogP contribution in [0.4, 0.5) is 0 Å². The van der Waals surface area contributed by atoms with Crippen LogP contribution < -0.4 is 16.0 Å². The number of carbonyl (C=O) groups excluding carboxylic acids is 5. The number of ether oxygens (including phenoxy) is 2. The second-order valence-corrected chi connectivity index (χ2v) is 7.77. The van der Waals surface area contributed by atoms with Gasteiger partial charge in [0.1, 0.15) is 18.1 Å². The Bertz CT molecular complexity index is 951. The first kappa shape index (κ1) is 27.3. The molecule has 1 fully saturated rings. The van der Waals surface area contributed by atoms with Gasteiger partial charge in [-0.05, 0) is 19.4 Å². The number of piperazine rings is 1. The Kier molecular flexibility index (Phi) is 10.2. The summed E-state index contributed by atoms with van der Waals surface area (Å²) >= 11 is 0. The van der Waals surface area contributed by atoms with Crippen molar-refractivity contribution in [2.45, 2.75) is 51.2 Å². The summed E-state index contributed by atoms with van der Waals surface area (Å²) in [4.78, 5) is 73.5. The molecule has 2 rings (SSSR count). The molecule has 12 heteroatoms. The zero-order valence-corrected chi connectivity index (χ0v) is 19.4. The SMILES string of the molecule is CCOC(=O)C[C@H](C(=O)OCC)[C@H](NC(=O)C[C@@H]1NC(=O)[C@H](Cc2ccccc2)NC1=O)C(=O)O. The Morgan fingerprint density at radius 3 is 2.17 bits per heavy atom. The number of rotatable bonds is 12. The molecule has 35 heavy (non-hydrogen) atoms. The molecule has 0 aliphatic carbocycles. The number of benzene rings is 1. The van der Waals surface area contributed by atoms with Crippen LogP contribution in [0.1, 0.15) is 32.3 Å². The molecule has 0 saturated carbocycles. The van der Waals surface area contributed by atoms with E-state index in [2.05, 4.69) is 16.0 Å². The molecule has 1 heterocycles. The highest BCUT2D eigenvalue weighted by Gasteiger charge is 2.40. The minimum Gasteiger partial charge on any atom is -0.480 e. The molecule has 4 atom stereocenters. The topological polar surface area (TPSA) is 177 Å². The van der Waals surface area contributed by atoms with E-state index in [1.807, 2.05) is 6.07 Å². The van der Waals surface area contributed by atoms with E-state index >= 15 is 0 Å². The third-order valence-corrected chi connectivity index (χ3v) is 5.20. The number of amides is 3. The molecule has 190 valence electrons. The van der Waals surface area contributed by atoms with Crippen LogP contribution in [-0.4, -0.2) is 72.1 Å². The molecular weight excluding hydrogens is 462 g/mol. The molecule has 12 nitrogen and oxygen atoms in total. The number of hydrogen-bond acceptors (Lipinski definition) is 8. The Morgan fingerprint density at radius 2 is 1.57 bits per heavy atom. The maximum atomic E-state index is 12.6. The Morgan fingerprint density at radius 1 is 0.971 bits per heavy atom. The fourth-order valence-corrected chi connectivity index (χ4v) is 3.55. The molecule has 1 saturated heterocycles. The third kappa shape index (κ3) is 8.09. The number of nitrogens with one attached hydrogen (secondary N) is 3. The van der Waals surface area contributed by atoms with E-state index in [0.29, 0.717) is 0 Å². The van der Waals surface area contributed by atoms with Gasteiger partial charge in [0.25, 0.3) is 0 Å². The van der Waals surface area contributed by atoms with Crippen LogP contribution in [0.25, 0.3) is 0 Å². The highest BCUT2D eigenvalue weighted by molar-refractivity contribution is 6.00. The summed E-state index contributed by atoms with van der Waals surface area (Å²) in [6, 6.07) is 5.15. The summed E-state index contributed by atoms with van der Waals surface area (Å²) < 4.78 is 9.64. The van der Waals surface area contributed by atoms with Crippen molar-refractivity contribution in [2.75, 3.05) is 13.2 Å². The number of esters is 2. The number of carboxylic acids is 1.